The van der Waals surface area contributed by atoms with Gasteiger partial charge in [-0.15, -0.1) is 0 Å². The normalized spacial score (nSPS) is 12.3. The summed E-state index contributed by atoms with van der Waals surface area (Å²) in [6, 6.07) is 8.23. The summed E-state index contributed by atoms with van der Waals surface area (Å²) in [5.41, 5.74) is 0.190. The van der Waals surface area contributed by atoms with Crippen molar-refractivity contribution in [3.05, 3.63) is 35.9 Å². The van der Waals surface area contributed by atoms with Crippen LogP contribution in [-0.4, -0.2) is 29.8 Å². The Morgan fingerprint density at radius 1 is 1.25 bits per heavy atom. The molecular formula is C15H19NO4. The Kier molecular flexibility index (Phi) is 5.43. The number of amides is 1. The molecule has 1 atom stereocenters. The van der Waals surface area contributed by atoms with Crippen molar-refractivity contribution >= 4 is 18.2 Å². The van der Waals surface area contributed by atoms with Gasteiger partial charge in [-0.05, 0) is 26.3 Å². The van der Waals surface area contributed by atoms with Crippen LogP contribution in [0.5, 0.6) is 0 Å². The lowest BCUT2D eigenvalue weighted by atomic mass is 10.0. The number of alkyl carbamates (subject to hydrolysis) is 1. The van der Waals surface area contributed by atoms with Crippen molar-refractivity contribution in [2.24, 2.45) is 0 Å². The lowest BCUT2D eigenvalue weighted by Gasteiger charge is -2.22. The summed E-state index contributed by atoms with van der Waals surface area (Å²) in [5.74, 6) is -0.681. The zero-order chi connectivity index (χ0) is 15.2. The number of benzene rings is 1. The molecule has 0 radical (unpaired) electrons. The van der Waals surface area contributed by atoms with Gasteiger partial charge in [-0.2, -0.15) is 0 Å². The summed E-state index contributed by atoms with van der Waals surface area (Å²) in [6.07, 6.45) is -0.253. The number of aldehydes is 1. The standard InChI is InChI=1S/C15H19NO4/c1-15(2,3)20-14(19)16-12(13(18)10-17)9-11-7-5-4-6-8-11/h4-8,10,12H,9H2,1-3H3,(H,16,19)/t12-/m0/s1. The van der Waals surface area contributed by atoms with Gasteiger partial charge in [-0.1, -0.05) is 30.3 Å². The van der Waals surface area contributed by atoms with E-state index in [0.717, 1.165) is 5.56 Å². The quantitative estimate of drug-likeness (QED) is 0.659. The predicted octanol–water partition coefficient (Wildman–Crippen LogP) is 1.89. The minimum Gasteiger partial charge on any atom is -0.444 e. The molecular weight excluding hydrogens is 258 g/mol. The van der Waals surface area contributed by atoms with E-state index in [9.17, 15) is 14.4 Å². The molecule has 108 valence electrons. The van der Waals surface area contributed by atoms with Crippen LogP contribution in [0.1, 0.15) is 26.3 Å². The average Bonchev–Trinajstić information content (AvgIpc) is 2.36. The second-order valence-corrected chi connectivity index (χ2v) is 5.41. The molecule has 5 nitrogen and oxygen atoms in total. The molecule has 0 unspecified atom stereocenters. The number of rotatable bonds is 5. The van der Waals surface area contributed by atoms with Crippen LogP contribution in [0.15, 0.2) is 30.3 Å². The Bertz CT molecular complexity index is 476. The summed E-state index contributed by atoms with van der Waals surface area (Å²) in [7, 11) is 0. The third-order valence-corrected chi connectivity index (χ3v) is 2.43. The van der Waals surface area contributed by atoms with Crippen LogP contribution in [0.2, 0.25) is 0 Å². The molecule has 5 heteroatoms. The molecule has 0 aromatic heterocycles. The number of carbonyl (C=O) groups excluding carboxylic acids is 3. The molecule has 0 aliphatic heterocycles. The number of hydrogen-bond acceptors (Lipinski definition) is 4. The van der Waals surface area contributed by atoms with Crippen LogP contribution in [0.3, 0.4) is 0 Å². The van der Waals surface area contributed by atoms with Crippen LogP contribution >= 0.6 is 0 Å². The van der Waals surface area contributed by atoms with Crippen molar-refractivity contribution in [2.75, 3.05) is 0 Å². The van der Waals surface area contributed by atoms with Crippen molar-refractivity contribution in [1.82, 2.24) is 5.32 Å². The molecule has 0 fully saturated rings. The lowest BCUT2D eigenvalue weighted by Crippen LogP contribution is -2.45. The minimum atomic E-state index is -0.912. The molecule has 0 aliphatic rings. The molecule has 1 aromatic rings. The predicted molar refractivity (Wildman–Crippen MR) is 74.4 cm³/mol. The highest BCUT2D eigenvalue weighted by atomic mass is 16.6. The van der Waals surface area contributed by atoms with Gasteiger partial charge in [0.1, 0.15) is 11.6 Å². The first-order valence-electron chi connectivity index (χ1n) is 6.34. The van der Waals surface area contributed by atoms with Gasteiger partial charge in [-0.25, -0.2) is 4.79 Å². The maximum atomic E-state index is 11.7. The monoisotopic (exact) mass is 277 g/mol. The zero-order valence-electron chi connectivity index (χ0n) is 11.9. The van der Waals surface area contributed by atoms with Crippen molar-refractivity contribution in [3.63, 3.8) is 0 Å². The Balaban J connectivity index is 2.73. The fourth-order valence-corrected chi connectivity index (χ4v) is 1.60. The number of carbonyl (C=O) groups is 3. The second-order valence-electron chi connectivity index (χ2n) is 5.41. The minimum absolute atomic E-state index is 0.213. The first-order valence-corrected chi connectivity index (χ1v) is 6.34. The molecule has 20 heavy (non-hydrogen) atoms. The van der Waals surface area contributed by atoms with Crippen LogP contribution in [0.25, 0.3) is 0 Å². The average molecular weight is 277 g/mol. The molecule has 1 aromatic carbocycles. The fraction of sp³-hybridized carbons (Fsp3) is 0.400. The largest absolute Gasteiger partial charge is 0.444 e. The maximum Gasteiger partial charge on any atom is 0.408 e. The third kappa shape index (κ3) is 5.65. The van der Waals surface area contributed by atoms with Gasteiger partial charge in [0.15, 0.2) is 6.29 Å². The van der Waals surface area contributed by atoms with Crippen molar-refractivity contribution in [1.29, 1.82) is 0 Å². The van der Waals surface area contributed by atoms with Gasteiger partial charge < -0.3 is 10.1 Å². The number of ketones is 1. The van der Waals surface area contributed by atoms with Gasteiger partial charge in [0.2, 0.25) is 5.78 Å². The van der Waals surface area contributed by atoms with E-state index in [0.29, 0.717) is 0 Å². The summed E-state index contributed by atoms with van der Waals surface area (Å²) in [5, 5.41) is 2.43. The first-order chi connectivity index (χ1) is 9.31. The Morgan fingerprint density at radius 2 is 1.85 bits per heavy atom. The third-order valence-electron chi connectivity index (χ3n) is 2.43. The smallest absolute Gasteiger partial charge is 0.408 e. The number of Topliss-reactive ketones (excluding diaryl/α,β-unsaturated/α-hetero) is 1. The van der Waals surface area contributed by atoms with Gasteiger partial charge in [0.25, 0.3) is 0 Å². The summed E-state index contributed by atoms with van der Waals surface area (Å²) >= 11 is 0. The molecule has 1 N–H and O–H groups in total. The zero-order valence-corrected chi connectivity index (χ0v) is 11.9. The van der Waals surface area contributed by atoms with E-state index >= 15 is 0 Å². The fourth-order valence-electron chi connectivity index (χ4n) is 1.60. The van der Waals surface area contributed by atoms with Crippen molar-refractivity contribution in [2.45, 2.75) is 38.8 Å². The summed E-state index contributed by atoms with van der Waals surface area (Å²) < 4.78 is 5.08. The summed E-state index contributed by atoms with van der Waals surface area (Å²) in [6.45, 7) is 5.17. The van der Waals surface area contributed by atoms with Gasteiger partial charge >= 0.3 is 6.09 Å². The molecule has 0 bridgehead atoms. The molecule has 0 aliphatic carbocycles. The lowest BCUT2D eigenvalue weighted by molar-refractivity contribution is -0.131. The van der Waals surface area contributed by atoms with Gasteiger partial charge in [0.05, 0.1) is 0 Å². The molecule has 1 amide bonds. The van der Waals surface area contributed by atoms with Crippen LogP contribution in [0, 0.1) is 0 Å². The van der Waals surface area contributed by atoms with Crippen LogP contribution in [-0.2, 0) is 20.7 Å². The van der Waals surface area contributed by atoms with E-state index in [2.05, 4.69) is 5.32 Å². The molecule has 0 heterocycles. The molecule has 0 saturated carbocycles. The Labute approximate surface area is 118 Å². The molecule has 0 saturated heterocycles. The van der Waals surface area contributed by atoms with E-state index in [1.54, 1.807) is 20.8 Å². The van der Waals surface area contributed by atoms with Crippen LogP contribution < -0.4 is 5.32 Å². The van der Waals surface area contributed by atoms with E-state index < -0.39 is 23.5 Å². The highest BCUT2D eigenvalue weighted by molar-refractivity contribution is 6.27. The number of nitrogens with one attached hydrogen (secondary N) is 1. The van der Waals surface area contributed by atoms with E-state index in [4.69, 9.17) is 4.74 Å². The SMILES string of the molecule is CC(C)(C)OC(=O)N[C@@H](Cc1ccccc1)C(=O)C=O. The highest BCUT2D eigenvalue weighted by Gasteiger charge is 2.24. The Morgan fingerprint density at radius 3 is 2.35 bits per heavy atom. The second kappa shape index (κ2) is 6.84. The highest BCUT2D eigenvalue weighted by Crippen LogP contribution is 2.08. The molecule has 1 rings (SSSR count). The maximum absolute atomic E-state index is 11.7. The Hall–Kier alpha value is -2.17. The summed E-state index contributed by atoms with van der Waals surface area (Å²) in [4.78, 5) is 33.9. The van der Waals surface area contributed by atoms with Crippen molar-refractivity contribution < 1.29 is 19.1 Å². The first kappa shape index (κ1) is 15.9. The van der Waals surface area contributed by atoms with E-state index in [1.165, 1.54) is 0 Å². The van der Waals surface area contributed by atoms with Crippen molar-refractivity contribution in [3.8, 4) is 0 Å². The van der Waals surface area contributed by atoms with Gasteiger partial charge in [-0.3, -0.25) is 9.59 Å². The van der Waals surface area contributed by atoms with Gasteiger partial charge in [0, 0.05) is 6.42 Å². The topological polar surface area (TPSA) is 72.5 Å². The number of ether oxygens (including phenoxy) is 1. The van der Waals surface area contributed by atoms with E-state index in [-0.39, 0.29) is 12.7 Å². The van der Waals surface area contributed by atoms with E-state index in [1.807, 2.05) is 30.3 Å². The number of hydrogen-bond donors (Lipinski definition) is 1. The molecule has 0 spiro atoms. The van der Waals surface area contributed by atoms with Crippen LogP contribution in [0.4, 0.5) is 4.79 Å².